The lowest BCUT2D eigenvalue weighted by Crippen LogP contribution is -2.27. The molecule has 3 nitrogen and oxygen atoms in total. The fourth-order valence-corrected chi connectivity index (χ4v) is 5.56. The Morgan fingerprint density at radius 3 is 2.61 bits per heavy atom. The Labute approximate surface area is 172 Å². The minimum atomic E-state index is -0.0332. The second-order valence-electron chi connectivity index (χ2n) is 6.92. The molecular formula is C23H18N2OS2. The number of thiazole rings is 1. The molecule has 1 aliphatic rings. The number of aromatic nitrogens is 1. The summed E-state index contributed by atoms with van der Waals surface area (Å²) in [6.07, 6.45) is 0. The van der Waals surface area contributed by atoms with Crippen molar-refractivity contribution >= 4 is 44.9 Å². The van der Waals surface area contributed by atoms with Crippen molar-refractivity contribution in [2.45, 2.75) is 12.3 Å². The van der Waals surface area contributed by atoms with Crippen LogP contribution < -0.4 is 4.90 Å². The van der Waals surface area contributed by atoms with Crippen LogP contribution in [0.5, 0.6) is 0 Å². The highest BCUT2D eigenvalue weighted by Gasteiger charge is 2.36. The summed E-state index contributed by atoms with van der Waals surface area (Å²) in [6, 6.07) is 23.1. The summed E-state index contributed by atoms with van der Waals surface area (Å²) in [5.74, 6) is 0.602. The molecule has 0 N–H and O–H groups in total. The summed E-state index contributed by atoms with van der Waals surface area (Å²) < 4.78 is 0. The Balaban J connectivity index is 1.50. The SMILES string of the molecule is Cc1ccc(-c2csc(N3C(=O)CS[C@H]3c3ccc4ccccc4c3)n2)cc1. The maximum absolute atomic E-state index is 12.7. The van der Waals surface area contributed by atoms with Crippen molar-refractivity contribution in [1.82, 2.24) is 4.98 Å². The molecule has 3 aromatic carbocycles. The lowest BCUT2D eigenvalue weighted by molar-refractivity contribution is -0.115. The van der Waals surface area contributed by atoms with Crippen molar-refractivity contribution in [2.75, 3.05) is 10.7 Å². The molecule has 5 heteroatoms. The fourth-order valence-electron chi connectivity index (χ4n) is 3.47. The van der Waals surface area contributed by atoms with Crippen LogP contribution in [0.2, 0.25) is 0 Å². The summed E-state index contributed by atoms with van der Waals surface area (Å²) >= 11 is 3.20. The fraction of sp³-hybridized carbons (Fsp3) is 0.130. The van der Waals surface area contributed by atoms with Crippen LogP contribution in [0.3, 0.4) is 0 Å². The van der Waals surface area contributed by atoms with Crippen molar-refractivity contribution in [3.63, 3.8) is 0 Å². The largest absolute Gasteiger partial charge is 0.273 e. The van der Waals surface area contributed by atoms with Gasteiger partial charge < -0.3 is 0 Å². The number of rotatable bonds is 3. The topological polar surface area (TPSA) is 33.2 Å². The van der Waals surface area contributed by atoms with Crippen LogP contribution in [-0.4, -0.2) is 16.6 Å². The van der Waals surface area contributed by atoms with Gasteiger partial charge in [-0.25, -0.2) is 4.98 Å². The van der Waals surface area contributed by atoms with Crippen LogP contribution in [0, 0.1) is 6.92 Å². The molecule has 1 amide bonds. The maximum Gasteiger partial charge on any atom is 0.240 e. The molecule has 5 rings (SSSR count). The first-order valence-electron chi connectivity index (χ1n) is 9.14. The lowest BCUT2D eigenvalue weighted by atomic mass is 10.1. The first kappa shape index (κ1) is 17.5. The molecular weight excluding hydrogens is 384 g/mol. The highest BCUT2D eigenvalue weighted by atomic mass is 32.2. The second kappa shape index (κ2) is 7.08. The Bertz CT molecular complexity index is 1170. The Hall–Kier alpha value is -2.63. The summed E-state index contributed by atoms with van der Waals surface area (Å²) in [4.78, 5) is 19.3. The van der Waals surface area contributed by atoms with E-state index in [1.165, 1.54) is 27.7 Å². The zero-order valence-electron chi connectivity index (χ0n) is 15.3. The summed E-state index contributed by atoms with van der Waals surface area (Å²) in [5, 5.41) is 5.17. The van der Waals surface area contributed by atoms with Gasteiger partial charge in [-0.15, -0.1) is 23.1 Å². The van der Waals surface area contributed by atoms with E-state index in [9.17, 15) is 4.79 Å². The number of aryl methyl sites for hydroxylation is 1. The molecule has 1 fully saturated rings. The standard InChI is InChI=1S/C23H18N2OS2/c1-15-6-8-17(9-7-15)20-13-28-23(24-20)25-21(26)14-27-22(25)19-11-10-16-4-2-3-5-18(16)12-19/h2-13,22H,14H2,1H3/t22-/m0/s1. The first-order valence-corrected chi connectivity index (χ1v) is 11.1. The summed E-state index contributed by atoms with van der Waals surface area (Å²) in [6.45, 7) is 2.07. The molecule has 0 saturated carbocycles. The molecule has 1 aliphatic heterocycles. The zero-order valence-corrected chi connectivity index (χ0v) is 17.0. The van der Waals surface area contributed by atoms with Crippen LogP contribution in [-0.2, 0) is 4.79 Å². The van der Waals surface area contributed by atoms with E-state index in [1.54, 1.807) is 11.8 Å². The van der Waals surface area contributed by atoms with E-state index < -0.39 is 0 Å². The van der Waals surface area contributed by atoms with Gasteiger partial charge in [-0.2, -0.15) is 0 Å². The van der Waals surface area contributed by atoms with Gasteiger partial charge in [0.1, 0.15) is 5.37 Å². The first-order chi connectivity index (χ1) is 13.7. The Morgan fingerprint density at radius 1 is 1.00 bits per heavy atom. The molecule has 4 aromatic rings. The predicted molar refractivity (Wildman–Crippen MR) is 119 cm³/mol. The number of carbonyl (C=O) groups excluding carboxylic acids is 1. The molecule has 1 saturated heterocycles. The second-order valence-corrected chi connectivity index (χ2v) is 8.82. The highest BCUT2D eigenvalue weighted by Crippen LogP contribution is 2.44. The molecule has 0 radical (unpaired) electrons. The van der Waals surface area contributed by atoms with Gasteiger partial charge in [0.15, 0.2) is 5.13 Å². The summed E-state index contributed by atoms with van der Waals surface area (Å²) in [7, 11) is 0. The van der Waals surface area contributed by atoms with Gasteiger partial charge in [0, 0.05) is 10.9 Å². The van der Waals surface area contributed by atoms with Gasteiger partial charge in [-0.1, -0.05) is 66.2 Å². The Morgan fingerprint density at radius 2 is 1.79 bits per heavy atom. The number of anilines is 1. The van der Waals surface area contributed by atoms with Gasteiger partial charge in [-0.05, 0) is 29.3 Å². The zero-order chi connectivity index (χ0) is 19.1. The monoisotopic (exact) mass is 402 g/mol. The lowest BCUT2D eigenvalue weighted by Gasteiger charge is -2.22. The maximum atomic E-state index is 12.7. The van der Waals surface area contributed by atoms with Gasteiger partial charge in [0.2, 0.25) is 5.91 Å². The molecule has 1 aromatic heterocycles. The highest BCUT2D eigenvalue weighted by molar-refractivity contribution is 8.00. The normalized spacial score (nSPS) is 16.8. The van der Waals surface area contributed by atoms with Gasteiger partial charge >= 0.3 is 0 Å². The van der Waals surface area contributed by atoms with E-state index >= 15 is 0 Å². The number of hydrogen-bond acceptors (Lipinski definition) is 4. The molecule has 0 spiro atoms. The van der Waals surface area contributed by atoms with Crippen LogP contribution in [0.1, 0.15) is 16.5 Å². The average molecular weight is 403 g/mol. The van der Waals surface area contributed by atoms with Crippen LogP contribution in [0.15, 0.2) is 72.1 Å². The third kappa shape index (κ3) is 3.11. The number of amides is 1. The van der Waals surface area contributed by atoms with Crippen molar-refractivity contribution in [2.24, 2.45) is 0 Å². The molecule has 28 heavy (non-hydrogen) atoms. The third-order valence-electron chi connectivity index (χ3n) is 4.97. The number of hydrogen-bond donors (Lipinski definition) is 0. The average Bonchev–Trinajstić information content (AvgIpc) is 3.35. The van der Waals surface area contributed by atoms with E-state index in [-0.39, 0.29) is 11.3 Å². The van der Waals surface area contributed by atoms with Crippen LogP contribution in [0.4, 0.5) is 5.13 Å². The predicted octanol–water partition coefficient (Wildman–Crippen LogP) is 6.05. The van der Waals surface area contributed by atoms with E-state index in [2.05, 4.69) is 61.5 Å². The Kier molecular flexibility index (Phi) is 4.41. The van der Waals surface area contributed by atoms with Crippen LogP contribution in [0.25, 0.3) is 22.0 Å². The molecule has 138 valence electrons. The minimum absolute atomic E-state index is 0.0332. The molecule has 0 unspecified atom stereocenters. The van der Waals surface area contributed by atoms with Gasteiger partial charge in [0.25, 0.3) is 0 Å². The van der Waals surface area contributed by atoms with Crippen molar-refractivity contribution < 1.29 is 4.79 Å². The van der Waals surface area contributed by atoms with E-state index in [4.69, 9.17) is 4.98 Å². The molecule has 0 bridgehead atoms. The summed E-state index contributed by atoms with van der Waals surface area (Å²) in [5.41, 5.74) is 4.36. The number of benzene rings is 3. The van der Waals surface area contributed by atoms with E-state index in [0.29, 0.717) is 5.75 Å². The van der Waals surface area contributed by atoms with Crippen LogP contribution >= 0.6 is 23.1 Å². The van der Waals surface area contributed by atoms with Crippen molar-refractivity contribution in [3.8, 4) is 11.3 Å². The quantitative estimate of drug-likeness (QED) is 0.418. The van der Waals surface area contributed by atoms with E-state index in [1.807, 2.05) is 22.4 Å². The number of carbonyl (C=O) groups is 1. The molecule has 0 aliphatic carbocycles. The van der Waals surface area contributed by atoms with Crippen molar-refractivity contribution in [3.05, 3.63) is 83.2 Å². The number of thioether (sulfide) groups is 1. The van der Waals surface area contributed by atoms with Gasteiger partial charge in [-0.3, -0.25) is 9.69 Å². The third-order valence-corrected chi connectivity index (χ3v) is 7.02. The number of nitrogens with zero attached hydrogens (tertiary/aromatic N) is 2. The smallest absolute Gasteiger partial charge is 0.240 e. The number of fused-ring (bicyclic) bond motifs is 1. The van der Waals surface area contributed by atoms with Crippen molar-refractivity contribution in [1.29, 1.82) is 0 Å². The van der Waals surface area contributed by atoms with Gasteiger partial charge in [0.05, 0.1) is 11.4 Å². The molecule has 2 heterocycles. The molecule has 1 atom stereocenters. The van der Waals surface area contributed by atoms with E-state index in [0.717, 1.165) is 22.0 Å². The minimum Gasteiger partial charge on any atom is -0.273 e.